The Labute approximate surface area is 253 Å². The van der Waals surface area contributed by atoms with E-state index in [1.807, 2.05) is 0 Å². The van der Waals surface area contributed by atoms with Crippen molar-refractivity contribution >= 4 is 29.3 Å². The number of carbonyl (C=O) groups is 4. The van der Waals surface area contributed by atoms with Crippen LogP contribution in [0.15, 0.2) is 65.2 Å². The Bertz CT molecular complexity index is 1610. The van der Waals surface area contributed by atoms with E-state index in [1.165, 1.54) is 37.1 Å². The summed E-state index contributed by atoms with van der Waals surface area (Å²) in [4.78, 5) is 53.0. The molecule has 4 amide bonds. The van der Waals surface area contributed by atoms with Gasteiger partial charge in [0.1, 0.15) is 35.3 Å². The third-order valence-corrected chi connectivity index (χ3v) is 6.64. The molecular weight excluding hydrogens is 571 g/mol. The molecule has 3 aromatic rings. The summed E-state index contributed by atoms with van der Waals surface area (Å²) < 4.78 is 19.3. The summed E-state index contributed by atoms with van der Waals surface area (Å²) >= 11 is 0. The van der Waals surface area contributed by atoms with E-state index in [9.17, 15) is 28.7 Å². The van der Waals surface area contributed by atoms with Gasteiger partial charge < -0.3 is 30.5 Å². The molecule has 3 rings (SSSR count). The van der Waals surface area contributed by atoms with Gasteiger partial charge in [-0.05, 0) is 50.1 Å². The molecule has 13 heteroatoms. The first-order chi connectivity index (χ1) is 20.8. The Kier molecular flexibility index (Phi) is 11.1. The lowest BCUT2D eigenvalue weighted by Gasteiger charge is -2.25. The molecule has 2 aromatic carbocycles. The Balaban J connectivity index is 1.86. The fraction of sp³-hybridized carbons (Fsp3) is 0.290. The van der Waals surface area contributed by atoms with Gasteiger partial charge in [0.25, 0.3) is 11.8 Å². The summed E-state index contributed by atoms with van der Waals surface area (Å²) in [5.41, 5.74) is 1.47. The lowest BCUT2D eigenvalue weighted by atomic mass is 10.0. The number of nitriles is 1. The minimum absolute atomic E-state index is 0.0913. The summed E-state index contributed by atoms with van der Waals surface area (Å²) in [7, 11) is 1.46. The van der Waals surface area contributed by atoms with E-state index in [0.29, 0.717) is 22.6 Å². The molecule has 0 saturated heterocycles. The molecule has 230 valence electrons. The second kappa shape index (κ2) is 14.7. The Morgan fingerprint density at radius 3 is 2.45 bits per heavy atom. The van der Waals surface area contributed by atoms with E-state index >= 15 is 0 Å². The number of amides is 4. The number of benzene rings is 2. The number of aryl methyl sites for hydroxylation is 2. The molecule has 0 aliphatic carbocycles. The summed E-state index contributed by atoms with van der Waals surface area (Å²) in [6.45, 7) is 7.86. The normalized spacial score (nSPS) is 12.7. The van der Waals surface area contributed by atoms with Crippen LogP contribution in [0, 0.1) is 31.0 Å². The number of aliphatic hydroxyl groups excluding tert-OH is 1. The highest BCUT2D eigenvalue weighted by atomic mass is 19.1. The molecule has 12 nitrogen and oxygen atoms in total. The SMILES string of the molecule is C=C(C#N)C(=O)N(C)c1cccc(C[C@H](NC(=O)C(NC(=O)c2cc(C)on2)[C@@H](C)O)C(=O)NCc2ccc(C)cc2F)c1. The fourth-order valence-corrected chi connectivity index (χ4v) is 4.16. The van der Waals surface area contributed by atoms with Crippen LogP contribution in [-0.4, -0.2) is 59.1 Å². The topological polar surface area (TPSA) is 178 Å². The summed E-state index contributed by atoms with van der Waals surface area (Å²) in [6.07, 6.45) is -1.46. The number of aliphatic hydroxyl groups is 1. The number of halogens is 1. The zero-order valence-electron chi connectivity index (χ0n) is 24.7. The maximum atomic E-state index is 14.4. The average molecular weight is 605 g/mol. The average Bonchev–Trinajstić information content (AvgIpc) is 3.43. The van der Waals surface area contributed by atoms with Crippen molar-refractivity contribution in [2.24, 2.45) is 0 Å². The molecule has 0 spiro atoms. The number of likely N-dealkylation sites (N-methyl/N-ethyl adjacent to an activating group) is 1. The van der Waals surface area contributed by atoms with Crippen molar-refractivity contribution < 1.29 is 33.2 Å². The van der Waals surface area contributed by atoms with Crippen LogP contribution in [0.4, 0.5) is 10.1 Å². The second-order valence-electron chi connectivity index (χ2n) is 10.2. The maximum absolute atomic E-state index is 14.4. The molecule has 0 bridgehead atoms. The smallest absolute Gasteiger partial charge is 0.274 e. The molecule has 0 fully saturated rings. The Morgan fingerprint density at radius 1 is 1.11 bits per heavy atom. The van der Waals surface area contributed by atoms with E-state index in [-0.39, 0.29) is 29.8 Å². The molecule has 1 unspecified atom stereocenters. The second-order valence-corrected chi connectivity index (χ2v) is 10.2. The summed E-state index contributed by atoms with van der Waals surface area (Å²) in [5, 5.41) is 30.5. The van der Waals surface area contributed by atoms with Crippen molar-refractivity contribution in [1.82, 2.24) is 21.1 Å². The van der Waals surface area contributed by atoms with Crippen molar-refractivity contribution in [2.45, 2.75) is 51.9 Å². The van der Waals surface area contributed by atoms with E-state index in [4.69, 9.17) is 9.78 Å². The maximum Gasteiger partial charge on any atom is 0.274 e. The van der Waals surface area contributed by atoms with Gasteiger partial charge in [0.05, 0.1) is 6.10 Å². The predicted octanol–water partition coefficient (Wildman–Crippen LogP) is 2.00. The highest BCUT2D eigenvalue weighted by molar-refractivity contribution is 6.07. The van der Waals surface area contributed by atoms with Crippen LogP contribution in [0.3, 0.4) is 0 Å². The Hall–Kier alpha value is -5.35. The third-order valence-electron chi connectivity index (χ3n) is 6.64. The minimum atomic E-state index is -1.48. The van der Waals surface area contributed by atoms with Crippen LogP contribution in [0.2, 0.25) is 0 Å². The zero-order chi connectivity index (χ0) is 32.6. The molecule has 1 heterocycles. The van der Waals surface area contributed by atoms with E-state index in [1.54, 1.807) is 50.2 Å². The van der Waals surface area contributed by atoms with Crippen molar-refractivity contribution in [3.63, 3.8) is 0 Å². The first kappa shape index (κ1) is 33.2. The van der Waals surface area contributed by atoms with Crippen molar-refractivity contribution in [2.75, 3.05) is 11.9 Å². The van der Waals surface area contributed by atoms with Gasteiger partial charge in [-0.15, -0.1) is 0 Å². The van der Waals surface area contributed by atoms with E-state index in [2.05, 4.69) is 27.7 Å². The van der Waals surface area contributed by atoms with Crippen LogP contribution in [0.25, 0.3) is 0 Å². The number of aromatic nitrogens is 1. The number of carbonyl (C=O) groups excluding carboxylic acids is 4. The molecule has 0 aliphatic heterocycles. The molecule has 44 heavy (non-hydrogen) atoms. The summed E-state index contributed by atoms with van der Waals surface area (Å²) in [5.74, 6) is -3.09. The third kappa shape index (κ3) is 8.59. The van der Waals surface area contributed by atoms with E-state index < -0.39 is 47.6 Å². The van der Waals surface area contributed by atoms with Gasteiger partial charge in [-0.3, -0.25) is 19.2 Å². The lowest BCUT2D eigenvalue weighted by molar-refractivity contribution is -0.131. The van der Waals surface area contributed by atoms with Gasteiger partial charge in [-0.25, -0.2) is 4.39 Å². The number of rotatable bonds is 12. The van der Waals surface area contributed by atoms with Gasteiger partial charge in [0, 0.05) is 37.3 Å². The molecule has 0 aliphatic rings. The van der Waals surface area contributed by atoms with Crippen molar-refractivity contribution in [3.05, 3.63) is 94.6 Å². The van der Waals surface area contributed by atoms with Crippen LogP contribution in [0.5, 0.6) is 0 Å². The first-order valence-corrected chi connectivity index (χ1v) is 13.5. The molecule has 4 N–H and O–H groups in total. The first-order valence-electron chi connectivity index (χ1n) is 13.5. The van der Waals surface area contributed by atoms with Gasteiger partial charge in [-0.2, -0.15) is 5.26 Å². The van der Waals surface area contributed by atoms with Crippen molar-refractivity contribution in [1.29, 1.82) is 5.26 Å². The lowest BCUT2D eigenvalue weighted by Crippen LogP contribution is -2.57. The van der Waals surface area contributed by atoms with Crippen LogP contribution < -0.4 is 20.9 Å². The minimum Gasteiger partial charge on any atom is -0.391 e. The zero-order valence-corrected chi connectivity index (χ0v) is 24.7. The standard InChI is InChI=1S/C31H33FN6O6/c1-17-9-10-22(24(32)11-17)16-34-28(40)25(14-21-7-6-8-23(13-21)38(5)31(43)18(2)15-33)35-30(42)27(20(4)39)36-29(41)26-12-19(3)44-37-26/h6-13,20,25,27,39H,2,14,16H2,1,3-5H3,(H,34,40)(H,35,42)(H,36,41)/t20-,25+,27?/m1/s1. The summed E-state index contributed by atoms with van der Waals surface area (Å²) in [6, 6.07) is 11.4. The monoisotopic (exact) mass is 604 g/mol. The van der Waals surface area contributed by atoms with Crippen LogP contribution in [-0.2, 0) is 27.3 Å². The quantitative estimate of drug-likeness (QED) is 0.179. The molecule has 0 saturated carbocycles. The fourth-order valence-electron chi connectivity index (χ4n) is 4.16. The van der Waals surface area contributed by atoms with Gasteiger partial charge in [-0.1, -0.05) is 36.0 Å². The van der Waals surface area contributed by atoms with Gasteiger partial charge >= 0.3 is 0 Å². The predicted molar refractivity (Wildman–Crippen MR) is 157 cm³/mol. The van der Waals surface area contributed by atoms with Crippen LogP contribution in [0.1, 0.15) is 39.9 Å². The van der Waals surface area contributed by atoms with Crippen molar-refractivity contribution in [3.8, 4) is 6.07 Å². The van der Waals surface area contributed by atoms with Crippen LogP contribution >= 0.6 is 0 Å². The number of nitrogens with zero attached hydrogens (tertiary/aromatic N) is 3. The number of nitrogens with one attached hydrogen (secondary N) is 3. The number of hydrogen-bond donors (Lipinski definition) is 4. The van der Waals surface area contributed by atoms with Gasteiger partial charge in [0.15, 0.2) is 5.69 Å². The molecule has 3 atom stereocenters. The highest BCUT2D eigenvalue weighted by Gasteiger charge is 2.31. The largest absolute Gasteiger partial charge is 0.391 e. The molecule has 1 aromatic heterocycles. The van der Waals surface area contributed by atoms with Gasteiger partial charge in [0.2, 0.25) is 11.8 Å². The highest BCUT2D eigenvalue weighted by Crippen LogP contribution is 2.18. The number of anilines is 1. The Morgan fingerprint density at radius 2 is 1.84 bits per heavy atom. The molecule has 0 radical (unpaired) electrons. The molecular formula is C31H33FN6O6. The van der Waals surface area contributed by atoms with E-state index in [0.717, 1.165) is 0 Å². The number of hydrogen-bond acceptors (Lipinski definition) is 8.